The fourth-order valence-electron chi connectivity index (χ4n) is 0.974. The van der Waals surface area contributed by atoms with Crippen LogP contribution in [0.25, 0.3) is 0 Å². The largest absolute Gasteiger partial charge is 0.508 e. The van der Waals surface area contributed by atoms with Crippen LogP contribution in [-0.2, 0) is 14.3 Å². The number of hydrogen-bond acceptors (Lipinski definition) is 4. The average molecular weight is 186 g/mol. The van der Waals surface area contributed by atoms with Crippen molar-refractivity contribution in [3.63, 3.8) is 0 Å². The van der Waals surface area contributed by atoms with Crippen molar-refractivity contribution in [3.8, 4) is 0 Å². The smallest absolute Gasteiger partial charge is 0.478 e. The molecule has 1 unspecified atom stereocenters. The monoisotopic (exact) mass is 186 g/mol. The SMILES string of the molecule is O=C(O)C=CCCC1COC(=O)O1. The zero-order valence-corrected chi connectivity index (χ0v) is 6.93. The van der Waals surface area contributed by atoms with E-state index in [0.717, 1.165) is 6.08 Å². The highest BCUT2D eigenvalue weighted by Gasteiger charge is 2.23. The zero-order valence-electron chi connectivity index (χ0n) is 6.93. The minimum Gasteiger partial charge on any atom is -0.478 e. The molecule has 13 heavy (non-hydrogen) atoms. The van der Waals surface area contributed by atoms with Crippen molar-refractivity contribution in [2.75, 3.05) is 6.61 Å². The van der Waals surface area contributed by atoms with Crippen LogP contribution in [0.3, 0.4) is 0 Å². The Bertz CT molecular complexity index is 233. The molecule has 0 aromatic heterocycles. The Morgan fingerprint density at radius 2 is 2.46 bits per heavy atom. The van der Waals surface area contributed by atoms with E-state index < -0.39 is 12.1 Å². The summed E-state index contributed by atoms with van der Waals surface area (Å²) in [5, 5.41) is 8.25. The highest BCUT2D eigenvalue weighted by Crippen LogP contribution is 2.11. The van der Waals surface area contributed by atoms with Gasteiger partial charge in [0, 0.05) is 6.08 Å². The summed E-state index contributed by atoms with van der Waals surface area (Å²) in [4.78, 5) is 20.5. The van der Waals surface area contributed by atoms with Gasteiger partial charge in [0.2, 0.25) is 0 Å². The molecule has 0 spiro atoms. The highest BCUT2D eigenvalue weighted by atomic mass is 16.8. The minimum atomic E-state index is -0.973. The number of aliphatic carboxylic acids is 1. The number of hydrogen-bond donors (Lipinski definition) is 1. The molecule has 0 aromatic carbocycles. The molecule has 1 aliphatic heterocycles. The van der Waals surface area contributed by atoms with E-state index >= 15 is 0 Å². The number of carbonyl (C=O) groups excluding carboxylic acids is 1. The van der Waals surface area contributed by atoms with Gasteiger partial charge in [0.1, 0.15) is 12.7 Å². The summed E-state index contributed by atoms with van der Waals surface area (Å²) in [6.45, 7) is 0.264. The average Bonchev–Trinajstić information content (AvgIpc) is 2.45. The summed E-state index contributed by atoms with van der Waals surface area (Å²) in [6.07, 6.45) is 2.87. The van der Waals surface area contributed by atoms with Crippen molar-refractivity contribution in [2.24, 2.45) is 0 Å². The maximum atomic E-state index is 10.4. The van der Waals surface area contributed by atoms with Crippen LogP contribution in [-0.4, -0.2) is 29.9 Å². The second kappa shape index (κ2) is 4.49. The van der Waals surface area contributed by atoms with Crippen LogP contribution in [0.1, 0.15) is 12.8 Å². The number of ether oxygens (including phenoxy) is 2. The third-order valence-corrected chi connectivity index (χ3v) is 1.57. The van der Waals surface area contributed by atoms with Crippen LogP contribution in [0, 0.1) is 0 Å². The summed E-state index contributed by atoms with van der Waals surface area (Å²) in [7, 11) is 0. The Labute approximate surface area is 74.9 Å². The molecular weight excluding hydrogens is 176 g/mol. The van der Waals surface area contributed by atoms with Gasteiger partial charge < -0.3 is 14.6 Å². The Balaban J connectivity index is 2.13. The molecular formula is C8H10O5. The van der Waals surface area contributed by atoms with E-state index in [1.807, 2.05) is 0 Å². The van der Waals surface area contributed by atoms with Crippen LogP contribution in [0.4, 0.5) is 4.79 Å². The second-order valence-corrected chi connectivity index (χ2v) is 2.62. The van der Waals surface area contributed by atoms with Gasteiger partial charge in [0.25, 0.3) is 0 Å². The molecule has 0 radical (unpaired) electrons. The Hall–Kier alpha value is -1.52. The zero-order chi connectivity index (χ0) is 9.68. The van der Waals surface area contributed by atoms with Gasteiger partial charge >= 0.3 is 12.1 Å². The van der Waals surface area contributed by atoms with Crippen molar-refractivity contribution in [1.29, 1.82) is 0 Å². The van der Waals surface area contributed by atoms with Gasteiger partial charge in [-0.15, -0.1) is 0 Å². The van der Waals surface area contributed by atoms with E-state index in [2.05, 4.69) is 4.74 Å². The highest BCUT2D eigenvalue weighted by molar-refractivity contribution is 5.79. The van der Waals surface area contributed by atoms with Gasteiger partial charge in [0.15, 0.2) is 0 Å². The first-order valence-corrected chi connectivity index (χ1v) is 3.91. The van der Waals surface area contributed by atoms with Gasteiger partial charge in [-0.25, -0.2) is 9.59 Å². The normalized spacial score (nSPS) is 21.5. The van der Waals surface area contributed by atoms with Gasteiger partial charge in [-0.05, 0) is 12.8 Å². The molecule has 0 amide bonds. The van der Waals surface area contributed by atoms with Crippen molar-refractivity contribution < 1.29 is 24.2 Å². The number of carboxylic acid groups (broad SMARTS) is 1. The molecule has 0 saturated carbocycles. The van der Waals surface area contributed by atoms with E-state index in [4.69, 9.17) is 9.84 Å². The first-order valence-electron chi connectivity index (χ1n) is 3.91. The fourth-order valence-corrected chi connectivity index (χ4v) is 0.974. The number of carboxylic acids is 1. The lowest BCUT2D eigenvalue weighted by Gasteiger charge is -2.01. The predicted molar refractivity (Wildman–Crippen MR) is 42.2 cm³/mol. The van der Waals surface area contributed by atoms with Crippen LogP contribution < -0.4 is 0 Å². The molecule has 1 atom stereocenters. The molecule has 72 valence electrons. The van der Waals surface area contributed by atoms with Gasteiger partial charge in [-0.2, -0.15) is 0 Å². The quantitative estimate of drug-likeness (QED) is 0.522. The summed E-state index contributed by atoms with van der Waals surface area (Å²) >= 11 is 0. The predicted octanol–water partition coefficient (Wildman–Crippen LogP) is 0.943. The molecule has 0 bridgehead atoms. The molecule has 1 fully saturated rings. The molecule has 1 N–H and O–H groups in total. The lowest BCUT2D eigenvalue weighted by molar-refractivity contribution is -0.131. The molecule has 1 heterocycles. The van der Waals surface area contributed by atoms with E-state index in [1.54, 1.807) is 0 Å². The van der Waals surface area contributed by atoms with Crippen molar-refractivity contribution in [2.45, 2.75) is 18.9 Å². The topological polar surface area (TPSA) is 72.8 Å². The Morgan fingerprint density at radius 3 is 3.00 bits per heavy atom. The fraction of sp³-hybridized carbons (Fsp3) is 0.500. The van der Waals surface area contributed by atoms with Crippen molar-refractivity contribution in [3.05, 3.63) is 12.2 Å². The van der Waals surface area contributed by atoms with E-state index in [-0.39, 0.29) is 12.7 Å². The summed E-state index contributed by atoms with van der Waals surface area (Å²) in [5.74, 6) is -0.973. The number of cyclic esters (lactones) is 2. The third-order valence-electron chi connectivity index (χ3n) is 1.57. The van der Waals surface area contributed by atoms with E-state index in [1.165, 1.54) is 6.08 Å². The van der Waals surface area contributed by atoms with Crippen molar-refractivity contribution >= 4 is 12.1 Å². The van der Waals surface area contributed by atoms with Crippen LogP contribution in [0.5, 0.6) is 0 Å². The van der Waals surface area contributed by atoms with Crippen LogP contribution in [0.2, 0.25) is 0 Å². The Morgan fingerprint density at radius 1 is 1.69 bits per heavy atom. The summed E-state index contributed by atoms with van der Waals surface area (Å²) < 4.78 is 9.27. The standard InChI is InChI=1S/C8H10O5/c9-7(10)4-2-1-3-6-5-12-8(11)13-6/h2,4,6H,1,3,5H2,(H,9,10). The minimum absolute atomic E-state index is 0.231. The Kier molecular flexibility index (Phi) is 3.31. The second-order valence-electron chi connectivity index (χ2n) is 2.62. The molecule has 1 saturated heterocycles. The third kappa shape index (κ3) is 3.59. The molecule has 1 rings (SSSR count). The first kappa shape index (κ1) is 9.57. The van der Waals surface area contributed by atoms with Crippen LogP contribution in [0.15, 0.2) is 12.2 Å². The van der Waals surface area contributed by atoms with Gasteiger partial charge in [-0.1, -0.05) is 6.08 Å². The van der Waals surface area contributed by atoms with Gasteiger partial charge in [0.05, 0.1) is 0 Å². The van der Waals surface area contributed by atoms with Crippen LogP contribution >= 0.6 is 0 Å². The molecule has 0 aromatic rings. The van der Waals surface area contributed by atoms with Crippen molar-refractivity contribution in [1.82, 2.24) is 0 Å². The molecule has 5 nitrogen and oxygen atoms in total. The molecule has 5 heteroatoms. The summed E-state index contributed by atoms with van der Waals surface area (Å²) in [5.41, 5.74) is 0. The number of allylic oxidation sites excluding steroid dienone is 1. The number of carbonyl (C=O) groups is 2. The maximum absolute atomic E-state index is 10.4. The molecule has 0 aliphatic carbocycles. The van der Waals surface area contributed by atoms with E-state index in [9.17, 15) is 9.59 Å². The van der Waals surface area contributed by atoms with E-state index in [0.29, 0.717) is 12.8 Å². The molecule has 1 aliphatic rings. The summed E-state index contributed by atoms with van der Waals surface area (Å²) in [6, 6.07) is 0. The number of rotatable bonds is 4. The lowest BCUT2D eigenvalue weighted by Crippen LogP contribution is -2.08. The maximum Gasteiger partial charge on any atom is 0.508 e. The first-order chi connectivity index (χ1) is 6.18. The lowest BCUT2D eigenvalue weighted by atomic mass is 10.2. The van der Waals surface area contributed by atoms with Gasteiger partial charge in [-0.3, -0.25) is 0 Å².